The highest BCUT2D eigenvalue weighted by molar-refractivity contribution is 5.84. The van der Waals surface area contributed by atoms with Crippen molar-refractivity contribution < 1.29 is 4.39 Å². The number of unbranched alkanes of at least 4 members (excludes halogenated alkanes) is 1. The lowest BCUT2D eigenvalue weighted by Gasteiger charge is -2.42. The molecule has 4 unspecified atom stereocenters. The maximum absolute atomic E-state index is 15.0. The number of allylic oxidation sites excluding steroid dienone is 2. The van der Waals surface area contributed by atoms with E-state index in [0.717, 1.165) is 46.9 Å². The average Bonchev–Trinajstić information content (AvgIpc) is 2.78. The molecule has 0 spiro atoms. The van der Waals surface area contributed by atoms with Crippen LogP contribution in [0.5, 0.6) is 0 Å². The molecule has 0 bridgehead atoms. The van der Waals surface area contributed by atoms with Crippen LogP contribution in [0.15, 0.2) is 42.5 Å². The van der Waals surface area contributed by atoms with Crippen molar-refractivity contribution in [3.8, 4) is 0 Å². The number of benzene rings is 2. The van der Waals surface area contributed by atoms with E-state index in [4.69, 9.17) is 0 Å². The summed E-state index contributed by atoms with van der Waals surface area (Å²) in [6, 6.07) is 10.7. The minimum absolute atomic E-state index is 0.0161. The van der Waals surface area contributed by atoms with Crippen LogP contribution >= 0.6 is 0 Å². The fourth-order valence-corrected chi connectivity index (χ4v) is 6.25. The fourth-order valence-electron chi connectivity index (χ4n) is 6.25. The van der Waals surface area contributed by atoms with E-state index in [1.54, 1.807) is 0 Å². The highest BCUT2D eigenvalue weighted by Crippen LogP contribution is 2.48. The second-order valence-electron chi connectivity index (χ2n) is 9.98. The normalized spacial score (nSPS) is 26.9. The van der Waals surface area contributed by atoms with E-state index in [-0.39, 0.29) is 5.82 Å². The zero-order valence-electron chi connectivity index (χ0n) is 19.0. The van der Waals surface area contributed by atoms with Gasteiger partial charge in [0.05, 0.1) is 0 Å². The van der Waals surface area contributed by atoms with Crippen LogP contribution in [0.3, 0.4) is 0 Å². The third kappa shape index (κ3) is 4.82. The molecule has 0 aromatic heterocycles. The second kappa shape index (κ2) is 10.1. The Morgan fingerprint density at radius 2 is 1.83 bits per heavy atom. The van der Waals surface area contributed by atoms with Gasteiger partial charge >= 0.3 is 0 Å². The van der Waals surface area contributed by atoms with Gasteiger partial charge in [0.2, 0.25) is 0 Å². The van der Waals surface area contributed by atoms with Crippen LogP contribution in [0.25, 0.3) is 10.8 Å². The van der Waals surface area contributed by atoms with Crippen LogP contribution in [0, 0.1) is 23.6 Å². The molecule has 2 aliphatic rings. The van der Waals surface area contributed by atoms with Crippen molar-refractivity contribution in [2.75, 3.05) is 0 Å². The number of hydrogen-bond donors (Lipinski definition) is 0. The summed E-state index contributed by atoms with van der Waals surface area (Å²) in [5, 5.41) is 1.87. The van der Waals surface area contributed by atoms with Gasteiger partial charge in [0.15, 0.2) is 0 Å². The molecule has 2 aromatic carbocycles. The lowest BCUT2D eigenvalue weighted by Crippen LogP contribution is -2.30. The van der Waals surface area contributed by atoms with Crippen LogP contribution < -0.4 is 0 Å². The van der Waals surface area contributed by atoms with E-state index in [1.807, 2.05) is 25.1 Å². The summed E-state index contributed by atoms with van der Waals surface area (Å²) in [7, 11) is 0. The molecule has 4 rings (SSSR count). The van der Waals surface area contributed by atoms with Gasteiger partial charge in [-0.25, -0.2) is 4.39 Å². The van der Waals surface area contributed by atoms with E-state index in [2.05, 4.69) is 31.2 Å². The van der Waals surface area contributed by atoms with Gasteiger partial charge in [0, 0.05) is 5.39 Å². The molecule has 0 heterocycles. The first-order valence-corrected chi connectivity index (χ1v) is 12.5. The Balaban J connectivity index is 1.43. The van der Waals surface area contributed by atoms with Crippen LogP contribution in [-0.2, 0) is 6.42 Å². The van der Waals surface area contributed by atoms with Crippen LogP contribution in [0.2, 0.25) is 0 Å². The van der Waals surface area contributed by atoms with E-state index >= 15 is 0 Å². The van der Waals surface area contributed by atoms with Gasteiger partial charge < -0.3 is 0 Å². The molecule has 162 valence electrons. The molecule has 4 atom stereocenters. The number of aryl methyl sites for hydroxylation is 1. The Bertz CT molecular complexity index is 864. The molecule has 2 fully saturated rings. The zero-order valence-corrected chi connectivity index (χ0v) is 19.0. The Morgan fingerprint density at radius 3 is 2.67 bits per heavy atom. The largest absolute Gasteiger partial charge is 0.206 e. The summed E-state index contributed by atoms with van der Waals surface area (Å²) >= 11 is 0. The number of hydrogen-bond acceptors (Lipinski definition) is 0. The van der Waals surface area contributed by atoms with Gasteiger partial charge in [-0.05, 0) is 92.1 Å². The van der Waals surface area contributed by atoms with Gasteiger partial charge in [0.25, 0.3) is 0 Å². The SMILES string of the molecule is C/C=C/CCc1ccc2cc(C3CCC4CC(CCCC)CCC4C3)ccc2c1F. The molecule has 0 N–H and O–H groups in total. The van der Waals surface area contributed by atoms with Gasteiger partial charge in [-0.2, -0.15) is 0 Å². The van der Waals surface area contributed by atoms with Gasteiger partial charge in [-0.15, -0.1) is 0 Å². The van der Waals surface area contributed by atoms with E-state index in [0.29, 0.717) is 5.92 Å². The average molecular weight is 407 g/mol. The Morgan fingerprint density at radius 1 is 1.00 bits per heavy atom. The number of fused-ring (bicyclic) bond motifs is 2. The van der Waals surface area contributed by atoms with Gasteiger partial charge in [-0.3, -0.25) is 0 Å². The standard InChI is InChI=1S/C29H39F/c1-3-5-7-9-22-12-15-27-20-26(16-17-28(27)29(22)30)25-14-13-23-18-21(8-6-4-2)10-11-24(23)19-25/h3,5,12,15-17,20-21,23-25H,4,6-11,13-14,18-19H2,1-2H3/b5-3+. The molecule has 0 aliphatic heterocycles. The van der Waals surface area contributed by atoms with Crippen molar-refractivity contribution in [3.05, 3.63) is 59.4 Å². The minimum atomic E-state index is -0.0161. The molecule has 0 amide bonds. The highest BCUT2D eigenvalue weighted by atomic mass is 19.1. The molecular formula is C29H39F. The maximum atomic E-state index is 15.0. The topological polar surface area (TPSA) is 0 Å². The molecule has 1 heteroatoms. The summed E-state index contributed by atoms with van der Waals surface area (Å²) in [6.07, 6.45) is 18.5. The highest BCUT2D eigenvalue weighted by Gasteiger charge is 2.35. The summed E-state index contributed by atoms with van der Waals surface area (Å²) in [5.41, 5.74) is 2.28. The molecule has 0 nitrogen and oxygen atoms in total. The molecule has 2 aliphatic carbocycles. The summed E-state index contributed by atoms with van der Waals surface area (Å²) in [5.74, 6) is 3.53. The van der Waals surface area contributed by atoms with E-state index in [9.17, 15) is 4.39 Å². The third-order valence-electron chi connectivity index (χ3n) is 8.03. The van der Waals surface area contributed by atoms with Crippen molar-refractivity contribution in [3.63, 3.8) is 0 Å². The predicted molar refractivity (Wildman–Crippen MR) is 127 cm³/mol. The Hall–Kier alpha value is -1.63. The number of halogens is 1. The fraction of sp³-hybridized carbons (Fsp3) is 0.586. The molecule has 0 saturated heterocycles. The van der Waals surface area contributed by atoms with Crippen molar-refractivity contribution in [1.82, 2.24) is 0 Å². The lowest BCUT2D eigenvalue weighted by atomic mass is 9.63. The minimum Gasteiger partial charge on any atom is -0.206 e. The monoisotopic (exact) mass is 406 g/mol. The third-order valence-corrected chi connectivity index (χ3v) is 8.03. The zero-order chi connectivity index (χ0) is 20.9. The quantitative estimate of drug-likeness (QED) is 0.402. The summed E-state index contributed by atoms with van der Waals surface area (Å²) in [6.45, 7) is 4.33. The maximum Gasteiger partial charge on any atom is 0.134 e. The van der Waals surface area contributed by atoms with Crippen molar-refractivity contribution in [2.24, 2.45) is 17.8 Å². The van der Waals surface area contributed by atoms with Crippen molar-refractivity contribution in [2.45, 2.75) is 90.4 Å². The predicted octanol–water partition coefficient (Wildman–Crippen LogP) is 8.98. The summed E-state index contributed by atoms with van der Waals surface area (Å²) in [4.78, 5) is 0. The molecule has 30 heavy (non-hydrogen) atoms. The van der Waals surface area contributed by atoms with Gasteiger partial charge in [0.1, 0.15) is 5.82 Å². The molecular weight excluding hydrogens is 367 g/mol. The Kier molecular flexibility index (Phi) is 7.28. The number of rotatable bonds is 7. The lowest BCUT2D eigenvalue weighted by molar-refractivity contribution is 0.113. The van der Waals surface area contributed by atoms with Crippen molar-refractivity contribution >= 4 is 10.8 Å². The van der Waals surface area contributed by atoms with E-state index < -0.39 is 0 Å². The van der Waals surface area contributed by atoms with E-state index in [1.165, 1.54) is 63.4 Å². The smallest absolute Gasteiger partial charge is 0.134 e. The van der Waals surface area contributed by atoms with Crippen molar-refractivity contribution in [1.29, 1.82) is 0 Å². The first-order chi connectivity index (χ1) is 14.7. The molecule has 0 radical (unpaired) electrons. The first-order valence-electron chi connectivity index (χ1n) is 12.5. The Labute approximate surface area is 183 Å². The van der Waals surface area contributed by atoms with Crippen LogP contribution in [0.1, 0.15) is 95.1 Å². The van der Waals surface area contributed by atoms with Crippen LogP contribution in [-0.4, -0.2) is 0 Å². The molecule has 2 saturated carbocycles. The second-order valence-corrected chi connectivity index (χ2v) is 9.98. The summed E-state index contributed by atoms with van der Waals surface area (Å²) < 4.78 is 15.0. The van der Waals surface area contributed by atoms with Gasteiger partial charge in [-0.1, -0.05) is 75.1 Å². The van der Waals surface area contributed by atoms with Crippen LogP contribution in [0.4, 0.5) is 4.39 Å². The first kappa shape index (κ1) is 21.6. The molecule has 2 aromatic rings.